The molecule has 1 saturated heterocycles. The summed E-state index contributed by atoms with van der Waals surface area (Å²) in [5.74, 6) is -0.123. The van der Waals surface area contributed by atoms with E-state index in [1.807, 2.05) is 25.1 Å². The van der Waals surface area contributed by atoms with Crippen LogP contribution in [-0.4, -0.2) is 41.7 Å². The first-order valence-electron chi connectivity index (χ1n) is 9.56. The van der Waals surface area contributed by atoms with Gasteiger partial charge in [0.1, 0.15) is 0 Å². The van der Waals surface area contributed by atoms with E-state index < -0.39 is 0 Å². The second-order valence-electron chi connectivity index (χ2n) is 7.14. The van der Waals surface area contributed by atoms with Crippen LogP contribution in [0.25, 0.3) is 11.0 Å². The van der Waals surface area contributed by atoms with Gasteiger partial charge < -0.3 is 15.0 Å². The van der Waals surface area contributed by atoms with Crippen LogP contribution in [0.1, 0.15) is 28.5 Å². The van der Waals surface area contributed by atoms with Crippen molar-refractivity contribution in [3.8, 4) is 0 Å². The standard InChI is InChI=1S/C22H24N4O2/c1-15-14-28-11-10-26(15)19-7-5-17(6-8-19)13-24-22(27)20-12-18-4-3-9-23-21(18)25-16(20)2/h3-9,12,15H,10-11,13-14H2,1-2H3,(H,24,27). The maximum absolute atomic E-state index is 12.6. The summed E-state index contributed by atoms with van der Waals surface area (Å²) in [6.45, 7) is 6.90. The highest BCUT2D eigenvalue weighted by Gasteiger charge is 2.19. The summed E-state index contributed by atoms with van der Waals surface area (Å²) >= 11 is 0. The number of fused-ring (bicyclic) bond motifs is 1. The predicted octanol–water partition coefficient (Wildman–Crippen LogP) is 3.09. The van der Waals surface area contributed by atoms with Crippen LogP contribution in [-0.2, 0) is 11.3 Å². The monoisotopic (exact) mass is 376 g/mol. The fourth-order valence-corrected chi connectivity index (χ4v) is 3.52. The zero-order valence-electron chi connectivity index (χ0n) is 16.2. The van der Waals surface area contributed by atoms with Crippen LogP contribution in [0.15, 0.2) is 48.7 Å². The molecule has 1 fully saturated rings. The van der Waals surface area contributed by atoms with Gasteiger partial charge in [-0.3, -0.25) is 4.79 Å². The Hall–Kier alpha value is -2.99. The van der Waals surface area contributed by atoms with Gasteiger partial charge in [-0.2, -0.15) is 0 Å². The normalized spacial score (nSPS) is 16.9. The number of anilines is 1. The molecule has 3 heterocycles. The molecule has 1 aliphatic heterocycles. The molecule has 0 bridgehead atoms. The Morgan fingerprint density at radius 1 is 1.29 bits per heavy atom. The molecule has 3 aromatic rings. The summed E-state index contributed by atoms with van der Waals surface area (Å²) in [4.78, 5) is 23.7. The molecule has 6 nitrogen and oxygen atoms in total. The molecule has 0 radical (unpaired) electrons. The molecule has 144 valence electrons. The number of hydrogen-bond donors (Lipinski definition) is 1. The Kier molecular flexibility index (Phi) is 5.21. The van der Waals surface area contributed by atoms with E-state index in [-0.39, 0.29) is 5.91 Å². The van der Waals surface area contributed by atoms with Gasteiger partial charge in [0.2, 0.25) is 0 Å². The number of ether oxygens (including phenoxy) is 1. The first-order chi connectivity index (χ1) is 13.6. The Morgan fingerprint density at radius 2 is 2.11 bits per heavy atom. The number of amides is 1. The Balaban J connectivity index is 1.43. The highest BCUT2D eigenvalue weighted by molar-refractivity contribution is 5.98. The van der Waals surface area contributed by atoms with Gasteiger partial charge in [0.25, 0.3) is 5.91 Å². The van der Waals surface area contributed by atoms with Gasteiger partial charge in [0.05, 0.1) is 24.5 Å². The third-order valence-electron chi connectivity index (χ3n) is 5.11. The highest BCUT2D eigenvalue weighted by atomic mass is 16.5. The van der Waals surface area contributed by atoms with Crippen molar-refractivity contribution in [2.75, 3.05) is 24.7 Å². The van der Waals surface area contributed by atoms with Crippen molar-refractivity contribution in [2.24, 2.45) is 0 Å². The summed E-state index contributed by atoms with van der Waals surface area (Å²) in [6, 6.07) is 14.3. The maximum atomic E-state index is 12.6. The van der Waals surface area contributed by atoms with E-state index in [2.05, 4.69) is 51.4 Å². The molecule has 1 unspecified atom stereocenters. The molecule has 1 aliphatic rings. The summed E-state index contributed by atoms with van der Waals surface area (Å²) in [5.41, 5.74) is 4.17. The number of nitrogens with one attached hydrogen (secondary N) is 1. The van der Waals surface area contributed by atoms with Crippen molar-refractivity contribution in [3.63, 3.8) is 0 Å². The van der Waals surface area contributed by atoms with Crippen LogP contribution >= 0.6 is 0 Å². The van der Waals surface area contributed by atoms with Gasteiger partial charge in [-0.25, -0.2) is 9.97 Å². The molecule has 1 atom stereocenters. The number of morpholine rings is 1. The fraction of sp³-hybridized carbons (Fsp3) is 0.318. The minimum absolute atomic E-state index is 0.123. The van der Waals surface area contributed by atoms with Gasteiger partial charge in [0, 0.05) is 36.4 Å². The maximum Gasteiger partial charge on any atom is 0.253 e. The van der Waals surface area contributed by atoms with Crippen molar-refractivity contribution in [2.45, 2.75) is 26.4 Å². The number of nitrogens with zero attached hydrogens (tertiary/aromatic N) is 3. The lowest BCUT2D eigenvalue weighted by Gasteiger charge is -2.35. The van der Waals surface area contributed by atoms with E-state index in [4.69, 9.17) is 4.74 Å². The number of carbonyl (C=O) groups excluding carboxylic acids is 1. The average Bonchev–Trinajstić information content (AvgIpc) is 2.72. The van der Waals surface area contributed by atoms with Gasteiger partial charge in [0.15, 0.2) is 5.65 Å². The highest BCUT2D eigenvalue weighted by Crippen LogP contribution is 2.20. The van der Waals surface area contributed by atoms with Gasteiger partial charge in [-0.1, -0.05) is 12.1 Å². The molecule has 6 heteroatoms. The number of aromatic nitrogens is 2. The zero-order chi connectivity index (χ0) is 19.5. The topological polar surface area (TPSA) is 67.4 Å². The summed E-state index contributed by atoms with van der Waals surface area (Å²) in [7, 11) is 0. The smallest absolute Gasteiger partial charge is 0.253 e. The third-order valence-corrected chi connectivity index (χ3v) is 5.11. The predicted molar refractivity (Wildman–Crippen MR) is 110 cm³/mol. The van der Waals surface area contributed by atoms with Crippen LogP contribution in [0, 0.1) is 6.92 Å². The molecule has 1 aromatic carbocycles. The molecular formula is C22H24N4O2. The third kappa shape index (κ3) is 3.82. The summed E-state index contributed by atoms with van der Waals surface area (Å²) in [5, 5.41) is 3.86. The Morgan fingerprint density at radius 3 is 2.89 bits per heavy atom. The van der Waals surface area contributed by atoms with Gasteiger partial charge >= 0.3 is 0 Å². The van der Waals surface area contributed by atoms with Crippen molar-refractivity contribution in [1.29, 1.82) is 0 Å². The van der Waals surface area contributed by atoms with E-state index >= 15 is 0 Å². The molecular weight excluding hydrogens is 352 g/mol. The van der Waals surface area contributed by atoms with Gasteiger partial charge in [-0.15, -0.1) is 0 Å². The van der Waals surface area contributed by atoms with Crippen molar-refractivity contribution < 1.29 is 9.53 Å². The number of benzene rings is 1. The van der Waals surface area contributed by atoms with Crippen molar-refractivity contribution in [1.82, 2.24) is 15.3 Å². The largest absolute Gasteiger partial charge is 0.377 e. The second kappa shape index (κ2) is 7.94. The van der Waals surface area contributed by atoms with Crippen LogP contribution in [0.3, 0.4) is 0 Å². The molecule has 1 amide bonds. The minimum atomic E-state index is -0.123. The lowest BCUT2D eigenvalue weighted by molar-refractivity contribution is 0.0950. The number of carbonyl (C=O) groups is 1. The lowest BCUT2D eigenvalue weighted by Crippen LogP contribution is -2.43. The van der Waals surface area contributed by atoms with Crippen LogP contribution in [0.5, 0.6) is 0 Å². The van der Waals surface area contributed by atoms with E-state index in [0.29, 0.717) is 29.5 Å². The van der Waals surface area contributed by atoms with Crippen LogP contribution in [0.4, 0.5) is 5.69 Å². The average molecular weight is 376 g/mol. The van der Waals surface area contributed by atoms with E-state index in [1.54, 1.807) is 6.20 Å². The summed E-state index contributed by atoms with van der Waals surface area (Å²) < 4.78 is 5.50. The molecule has 28 heavy (non-hydrogen) atoms. The fourth-order valence-electron chi connectivity index (χ4n) is 3.52. The molecule has 2 aromatic heterocycles. The molecule has 0 aliphatic carbocycles. The van der Waals surface area contributed by atoms with E-state index in [9.17, 15) is 4.79 Å². The second-order valence-corrected chi connectivity index (χ2v) is 7.14. The number of aryl methyl sites for hydroxylation is 1. The minimum Gasteiger partial charge on any atom is -0.377 e. The zero-order valence-corrected chi connectivity index (χ0v) is 16.2. The lowest BCUT2D eigenvalue weighted by atomic mass is 10.1. The summed E-state index contributed by atoms with van der Waals surface area (Å²) in [6.07, 6.45) is 1.70. The molecule has 0 spiro atoms. The van der Waals surface area contributed by atoms with E-state index in [1.165, 1.54) is 5.69 Å². The molecule has 0 saturated carbocycles. The van der Waals surface area contributed by atoms with E-state index in [0.717, 1.165) is 30.7 Å². The van der Waals surface area contributed by atoms with Gasteiger partial charge in [-0.05, 0) is 49.7 Å². The van der Waals surface area contributed by atoms with Crippen LogP contribution in [0.2, 0.25) is 0 Å². The van der Waals surface area contributed by atoms with Crippen molar-refractivity contribution >= 4 is 22.6 Å². The number of hydrogen-bond acceptors (Lipinski definition) is 5. The number of pyridine rings is 2. The number of rotatable bonds is 4. The molecule has 1 N–H and O–H groups in total. The quantitative estimate of drug-likeness (QED) is 0.758. The van der Waals surface area contributed by atoms with Crippen LogP contribution < -0.4 is 10.2 Å². The Labute approximate surface area is 164 Å². The first-order valence-corrected chi connectivity index (χ1v) is 9.56. The SMILES string of the molecule is Cc1nc2ncccc2cc1C(=O)NCc1ccc(N2CCOCC2C)cc1. The Bertz CT molecular complexity index is 987. The first kappa shape index (κ1) is 18.4. The molecule has 4 rings (SSSR count). The van der Waals surface area contributed by atoms with Crippen molar-refractivity contribution in [3.05, 3.63) is 65.5 Å².